The van der Waals surface area contributed by atoms with Gasteiger partial charge in [-0.3, -0.25) is 14.5 Å². The molecular formula is C22H30N4O3S. The number of carbonyl (C=O) groups excluding carboxylic acids is 2. The minimum atomic E-state index is -0.0103. The number of ether oxygens (including phenoxy) is 1. The van der Waals surface area contributed by atoms with Crippen LogP contribution < -0.4 is 5.32 Å². The second kappa shape index (κ2) is 10.7. The first-order valence-electron chi connectivity index (χ1n) is 10.4. The molecule has 1 aromatic heterocycles. The summed E-state index contributed by atoms with van der Waals surface area (Å²) >= 11 is 1.46. The zero-order valence-electron chi connectivity index (χ0n) is 17.9. The largest absolute Gasteiger partial charge is 0.383 e. The van der Waals surface area contributed by atoms with Gasteiger partial charge >= 0.3 is 0 Å². The van der Waals surface area contributed by atoms with Crippen LogP contribution >= 0.6 is 11.3 Å². The molecule has 0 unspecified atom stereocenters. The molecule has 3 rings (SSSR count). The van der Waals surface area contributed by atoms with Crippen LogP contribution in [0.4, 0.5) is 0 Å². The standard InChI is InChI=1S/C22H30N4O3S/c1-4-17-5-7-18(8-6-17)21-24-16(2)20(30-21)22(28)26-12-10-25(11-13-26)15-19(27)23-9-14-29-3/h5-8H,4,9-15H2,1-3H3,(H,23,27). The smallest absolute Gasteiger partial charge is 0.265 e. The summed E-state index contributed by atoms with van der Waals surface area (Å²) in [5, 5.41) is 3.71. The van der Waals surface area contributed by atoms with Gasteiger partial charge in [0.2, 0.25) is 5.91 Å². The molecule has 7 nitrogen and oxygen atoms in total. The molecule has 1 aliphatic rings. The Morgan fingerprint density at radius 3 is 2.50 bits per heavy atom. The van der Waals surface area contributed by atoms with Crippen LogP contribution in [0.5, 0.6) is 0 Å². The molecule has 1 aliphatic heterocycles. The molecule has 30 heavy (non-hydrogen) atoms. The zero-order chi connectivity index (χ0) is 21.5. The van der Waals surface area contributed by atoms with Gasteiger partial charge in [-0.2, -0.15) is 0 Å². The molecule has 2 aromatic rings. The van der Waals surface area contributed by atoms with Crippen molar-refractivity contribution in [2.75, 3.05) is 53.0 Å². The van der Waals surface area contributed by atoms with Gasteiger partial charge in [0, 0.05) is 45.4 Å². The second-order valence-corrected chi connectivity index (χ2v) is 8.39. The van der Waals surface area contributed by atoms with Crippen molar-refractivity contribution in [1.29, 1.82) is 0 Å². The van der Waals surface area contributed by atoms with Gasteiger partial charge < -0.3 is 15.0 Å². The predicted octanol–water partition coefficient (Wildman–Crippen LogP) is 2.20. The first-order chi connectivity index (χ1) is 14.5. The lowest BCUT2D eigenvalue weighted by atomic mass is 10.1. The van der Waals surface area contributed by atoms with Crippen LogP contribution in [0.25, 0.3) is 10.6 Å². The molecule has 0 atom stereocenters. The van der Waals surface area contributed by atoms with E-state index >= 15 is 0 Å². The summed E-state index contributed by atoms with van der Waals surface area (Å²) in [5.74, 6) is 0.0227. The van der Waals surface area contributed by atoms with E-state index in [0.717, 1.165) is 22.7 Å². The molecule has 0 radical (unpaired) electrons. The van der Waals surface area contributed by atoms with Gasteiger partial charge in [-0.25, -0.2) is 4.98 Å². The summed E-state index contributed by atoms with van der Waals surface area (Å²) in [5.41, 5.74) is 3.11. The number of hydrogen-bond acceptors (Lipinski definition) is 6. The number of benzene rings is 1. The quantitative estimate of drug-likeness (QED) is 0.650. The lowest BCUT2D eigenvalue weighted by molar-refractivity contribution is -0.122. The Morgan fingerprint density at radius 2 is 1.87 bits per heavy atom. The number of rotatable bonds is 8. The fourth-order valence-corrected chi connectivity index (χ4v) is 4.45. The summed E-state index contributed by atoms with van der Waals surface area (Å²) in [6.07, 6.45) is 1.00. The molecule has 0 aliphatic carbocycles. The number of aromatic nitrogens is 1. The highest BCUT2D eigenvalue weighted by molar-refractivity contribution is 7.17. The molecule has 2 amide bonds. The molecule has 0 spiro atoms. The van der Waals surface area contributed by atoms with Crippen molar-refractivity contribution in [2.45, 2.75) is 20.3 Å². The van der Waals surface area contributed by atoms with Gasteiger partial charge in [-0.1, -0.05) is 31.2 Å². The number of thiazole rings is 1. The van der Waals surface area contributed by atoms with E-state index in [9.17, 15) is 9.59 Å². The van der Waals surface area contributed by atoms with Crippen molar-refractivity contribution in [3.8, 4) is 10.6 Å². The van der Waals surface area contributed by atoms with Crippen molar-refractivity contribution >= 4 is 23.2 Å². The SMILES string of the molecule is CCc1ccc(-c2nc(C)c(C(=O)N3CCN(CC(=O)NCCOC)CC3)s2)cc1. The maximum atomic E-state index is 13.1. The van der Waals surface area contributed by atoms with Gasteiger partial charge in [-0.15, -0.1) is 11.3 Å². The van der Waals surface area contributed by atoms with E-state index < -0.39 is 0 Å². The first kappa shape index (κ1) is 22.4. The van der Waals surface area contributed by atoms with Crippen molar-refractivity contribution in [1.82, 2.24) is 20.1 Å². The molecule has 0 bridgehead atoms. The van der Waals surface area contributed by atoms with Crippen molar-refractivity contribution in [3.05, 3.63) is 40.4 Å². The lowest BCUT2D eigenvalue weighted by Crippen LogP contribution is -2.51. The second-order valence-electron chi connectivity index (χ2n) is 7.40. The normalized spacial score (nSPS) is 14.7. The number of amides is 2. The van der Waals surface area contributed by atoms with Crippen LogP contribution in [0.3, 0.4) is 0 Å². The van der Waals surface area contributed by atoms with Crippen molar-refractivity contribution in [3.63, 3.8) is 0 Å². The summed E-state index contributed by atoms with van der Waals surface area (Å²) in [6, 6.07) is 8.36. The Morgan fingerprint density at radius 1 is 1.17 bits per heavy atom. The Balaban J connectivity index is 1.56. The van der Waals surface area contributed by atoms with E-state index in [1.807, 2.05) is 11.8 Å². The third-order valence-electron chi connectivity index (χ3n) is 5.26. The van der Waals surface area contributed by atoms with Crippen LogP contribution in [0, 0.1) is 6.92 Å². The van der Waals surface area contributed by atoms with Gasteiger partial charge in [0.15, 0.2) is 0 Å². The zero-order valence-corrected chi connectivity index (χ0v) is 18.8. The fraction of sp³-hybridized carbons (Fsp3) is 0.500. The Labute approximate surface area is 182 Å². The molecule has 1 fully saturated rings. The number of piperazine rings is 1. The van der Waals surface area contributed by atoms with Crippen LogP contribution in [0.1, 0.15) is 27.9 Å². The van der Waals surface area contributed by atoms with E-state index in [-0.39, 0.29) is 11.8 Å². The van der Waals surface area contributed by atoms with Crippen LogP contribution in [-0.4, -0.2) is 79.6 Å². The third kappa shape index (κ3) is 5.65. The molecule has 1 aromatic carbocycles. The van der Waals surface area contributed by atoms with Gasteiger partial charge in [0.25, 0.3) is 5.91 Å². The van der Waals surface area contributed by atoms with Gasteiger partial charge in [-0.05, 0) is 18.9 Å². The molecule has 1 saturated heterocycles. The average Bonchev–Trinajstić information content (AvgIpc) is 3.15. The molecule has 8 heteroatoms. The summed E-state index contributed by atoms with van der Waals surface area (Å²) in [4.78, 5) is 34.3. The number of carbonyl (C=O) groups is 2. The topological polar surface area (TPSA) is 74.8 Å². The van der Waals surface area contributed by atoms with Crippen LogP contribution in [0.2, 0.25) is 0 Å². The minimum Gasteiger partial charge on any atom is -0.383 e. The van der Waals surface area contributed by atoms with Crippen LogP contribution in [-0.2, 0) is 16.0 Å². The Kier molecular flexibility index (Phi) is 7.95. The highest BCUT2D eigenvalue weighted by atomic mass is 32.1. The highest BCUT2D eigenvalue weighted by Crippen LogP contribution is 2.29. The van der Waals surface area contributed by atoms with Crippen molar-refractivity contribution < 1.29 is 14.3 Å². The summed E-state index contributed by atoms with van der Waals surface area (Å²) in [6.45, 7) is 8.00. The Hall–Kier alpha value is -2.29. The fourth-order valence-electron chi connectivity index (χ4n) is 3.41. The Bertz CT molecular complexity index is 858. The number of methoxy groups -OCH3 is 1. The molecule has 0 saturated carbocycles. The van der Waals surface area contributed by atoms with Crippen LogP contribution in [0.15, 0.2) is 24.3 Å². The van der Waals surface area contributed by atoms with Gasteiger partial charge in [0.1, 0.15) is 9.88 Å². The molecule has 162 valence electrons. The highest BCUT2D eigenvalue weighted by Gasteiger charge is 2.26. The number of nitrogens with one attached hydrogen (secondary N) is 1. The average molecular weight is 431 g/mol. The lowest BCUT2D eigenvalue weighted by Gasteiger charge is -2.34. The monoisotopic (exact) mass is 430 g/mol. The van der Waals surface area contributed by atoms with E-state index in [1.165, 1.54) is 16.9 Å². The molecular weight excluding hydrogens is 400 g/mol. The summed E-state index contributed by atoms with van der Waals surface area (Å²) in [7, 11) is 1.61. The number of hydrogen-bond donors (Lipinski definition) is 1. The molecule has 2 heterocycles. The maximum absolute atomic E-state index is 13.1. The molecule has 1 N–H and O–H groups in total. The van der Waals surface area contributed by atoms with E-state index in [0.29, 0.717) is 50.8 Å². The van der Waals surface area contributed by atoms with E-state index in [4.69, 9.17) is 4.74 Å². The van der Waals surface area contributed by atoms with Crippen molar-refractivity contribution in [2.24, 2.45) is 0 Å². The number of nitrogens with zero attached hydrogens (tertiary/aromatic N) is 3. The summed E-state index contributed by atoms with van der Waals surface area (Å²) < 4.78 is 4.94. The van der Waals surface area contributed by atoms with E-state index in [1.54, 1.807) is 7.11 Å². The van der Waals surface area contributed by atoms with E-state index in [2.05, 4.69) is 46.4 Å². The van der Waals surface area contributed by atoms with Gasteiger partial charge in [0.05, 0.1) is 18.8 Å². The minimum absolute atomic E-state index is 0.0103. The first-order valence-corrected chi connectivity index (χ1v) is 11.2. The predicted molar refractivity (Wildman–Crippen MR) is 119 cm³/mol. The number of aryl methyl sites for hydroxylation is 2. The maximum Gasteiger partial charge on any atom is 0.265 e. The third-order valence-corrected chi connectivity index (χ3v) is 6.45.